The molecule has 10 aromatic rings. The van der Waals surface area contributed by atoms with E-state index in [2.05, 4.69) is 175 Å². The lowest BCUT2D eigenvalue weighted by molar-refractivity contribution is -0.653. The molecule has 11 heteroatoms. The Bertz CT molecular complexity index is 3240. The van der Waals surface area contributed by atoms with E-state index >= 15 is 0 Å². The first-order valence-corrected chi connectivity index (χ1v) is 37.1. The number of thiophene rings is 9. The first-order chi connectivity index (χ1) is 38.3. The van der Waals surface area contributed by atoms with Gasteiger partial charge in [0, 0.05) is 74.7 Å². The second-order valence-corrected chi connectivity index (χ2v) is 30.8. The summed E-state index contributed by atoms with van der Waals surface area (Å²) in [6, 6.07) is 29.2. The van der Waals surface area contributed by atoms with Crippen molar-refractivity contribution in [1.29, 1.82) is 0 Å². The van der Waals surface area contributed by atoms with Crippen LogP contribution >= 0.6 is 102 Å². The molecule has 0 amide bonds. The Labute approximate surface area is 503 Å². The fourth-order valence-electron chi connectivity index (χ4n) is 11.2. The van der Waals surface area contributed by atoms with E-state index in [1.54, 1.807) is 0 Å². The largest absolute Gasteiger partial charge is 0.257 e. The van der Waals surface area contributed by atoms with Gasteiger partial charge >= 0.3 is 0 Å². The summed E-state index contributed by atoms with van der Waals surface area (Å²) in [4.78, 5) is 22.9. The molecule has 0 saturated heterocycles. The average Bonchev–Trinajstić information content (AvgIpc) is 4.48. The maximum absolute atomic E-state index is 2.62. The smallest absolute Gasteiger partial charge is 0.229 e. The molecule has 0 radical (unpaired) electrons. The molecule has 0 saturated carbocycles. The maximum atomic E-state index is 2.62. The Morgan fingerprint density at radius 3 is 1.12 bits per heavy atom. The summed E-state index contributed by atoms with van der Waals surface area (Å²) in [5.74, 6) is 1.43. The Morgan fingerprint density at radius 2 is 0.705 bits per heavy atom. The number of nitrogens with zero attached hydrogens (tertiary/aromatic N) is 2. The highest BCUT2D eigenvalue weighted by molar-refractivity contribution is 7.32. The number of aryl methyl sites for hydroxylation is 6. The van der Waals surface area contributed by atoms with Crippen LogP contribution in [0.15, 0.2) is 83.6 Å². The highest BCUT2D eigenvalue weighted by Gasteiger charge is 2.32. The molecule has 0 N–H and O–H groups in total. The molecular formula is C67H81N2S9+. The molecule has 0 atom stereocenters. The van der Waals surface area contributed by atoms with E-state index in [-0.39, 0.29) is 0 Å². The summed E-state index contributed by atoms with van der Waals surface area (Å²) < 4.78 is 5.16. The minimum Gasteiger partial charge on any atom is -0.229 e. The van der Waals surface area contributed by atoms with Gasteiger partial charge in [0.2, 0.25) is 0 Å². The van der Waals surface area contributed by atoms with Crippen LogP contribution in [0.25, 0.3) is 89.1 Å². The van der Waals surface area contributed by atoms with Gasteiger partial charge in [-0.1, -0.05) is 118 Å². The van der Waals surface area contributed by atoms with Crippen LogP contribution in [0, 0.1) is 0 Å². The van der Waals surface area contributed by atoms with E-state index in [0.717, 1.165) is 19.3 Å². The van der Waals surface area contributed by atoms with Crippen molar-refractivity contribution < 1.29 is 4.57 Å². The zero-order valence-electron chi connectivity index (χ0n) is 47.4. The summed E-state index contributed by atoms with van der Waals surface area (Å²) in [7, 11) is 4.71. The maximum Gasteiger partial charge on any atom is 0.257 e. The van der Waals surface area contributed by atoms with Crippen molar-refractivity contribution in [3.63, 3.8) is 0 Å². The highest BCUT2D eigenvalue weighted by atomic mass is 32.1. The van der Waals surface area contributed by atoms with Crippen LogP contribution < -0.4 is 4.57 Å². The molecule has 0 spiro atoms. The lowest BCUT2D eigenvalue weighted by atomic mass is 10.1. The number of unbranched alkanes of at least 4 members (excludes halogenated alkanes) is 13. The van der Waals surface area contributed by atoms with Crippen molar-refractivity contribution in [3.05, 3.63) is 112 Å². The van der Waals surface area contributed by atoms with Crippen LogP contribution in [0.4, 0.5) is 0 Å². The third kappa shape index (κ3) is 13.2. The van der Waals surface area contributed by atoms with Gasteiger partial charge in [0.25, 0.3) is 5.82 Å². The minimum absolute atomic E-state index is 1.09. The minimum atomic E-state index is 1.09. The van der Waals surface area contributed by atoms with Gasteiger partial charge in [0.05, 0.1) is 23.8 Å². The van der Waals surface area contributed by atoms with Gasteiger partial charge in [-0.3, -0.25) is 0 Å². The third-order valence-corrected chi connectivity index (χ3v) is 26.9. The van der Waals surface area contributed by atoms with Crippen LogP contribution in [0.5, 0.6) is 0 Å². The molecule has 10 rings (SSSR count). The van der Waals surface area contributed by atoms with Crippen molar-refractivity contribution >= 4 is 113 Å². The summed E-state index contributed by atoms with van der Waals surface area (Å²) in [5, 5.41) is 4.61. The monoisotopic (exact) mass is 1200 g/mol. The Balaban J connectivity index is 1.00. The van der Waals surface area contributed by atoms with Gasteiger partial charge in [0.1, 0.15) is 0 Å². The van der Waals surface area contributed by atoms with Crippen LogP contribution in [0.3, 0.4) is 0 Å². The lowest BCUT2D eigenvalue weighted by Crippen LogP contribution is -2.33. The van der Waals surface area contributed by atoms with E-state index in [0.29, 0.717) is 0 Å². The van der Waals surface area contributed by atoms with E-state index < -0.39 is 0 Å². The first kappa shape index (κ1) is 58.0. The van der Waals surface area contributed by atoms with E-state index in [1.807, 2.05) is 68.0 Å². The Morgan fingerprint density at radius 1 is 0.333 bits per heavy atom. The summed E-state index contributed by atoms with van der Waals surface area (Å²) in [5.41, 5.74) is 8.94. The molecule has 10 heterocycles. The second kappa shape index (κ2) is 28.2. The molecule has 0 aromatic carbocycles. The Hall–Kier alpha value is -3.23. The molecule has 0 fully saturated rings. The molecular weight excluding hydrogens is 1120 g/mol. The van der Waals surface area contributed by atoms with E-state index in [4.69, 9.17) is 0 Å². The van der Waals surface area contributed by atoms with Crippen LogP contribution in [0.2, 0.25) is 0 Å². The number of imidazole rings is 1. The van der Waals surface area contributed by atoms with Crippen molar-refractivity contribution in [2.45, 2.75) is 182 Å². The molecule has 0 bridgehead atoms. The fourth-order valence-corrected chi connectivity index (χ4v) is 21.9. The van der Waals surface area contributed by atoms with Gasteiger partial charge in [-0.15, -0.1) is 102 Å². The summed E-state index contributed by atoms with van der Waals surface area (Å²) in [6.07, 6.45) is 28.8. The zero-order chi connectivity index (χ0) is 54.0. The zero-order valence-corrected chi connectivity index (χ0v) is 54.8. The predicted molar refractivity (Wildman–Crippen MR) is 358 cm³/mol. The number of aromatic nitrogens is 2. The molecule has 0 aliphatic rings. The van der Waals surface area contributed by atoms with Crippen molar-refractivity contribution in [2.24, 2.45) is 14.1 Å². The van der Waals surface area contributed by atoms with Crippen LogP contribution in [-0.2, 0) is 46.2 Å². The first-order valence-electron chi connectivity index (χ1n) is 29.6. The number of hydrogen-bond acceptors (Lipinski definition) is 9. The van der Waals surface area contributed by atoms with Gasteiger partial charge in [-0.05, 0) is 164 Å². The summed E-state index contributed by atoms with van der Waals surface area (Å²) in [6.45, 7) is 11.6. The van der Waals surface area contributed by atoms with E-state index in [1.165, 1.54) is 246 Å². The SMILES string of the molecule is CCCCCCc1ccsc1-c1ccc(-c2ccc(-c3sc(-c4sc(-c5cc(CCCCCC)c(-c6ccc(-c7ccc(-c8sccc8CCCCCC)s7)s6)s5)c5c4n(C)c(CCCC)[n+]5C)cc3CCCCCC)s2)s1. The number of rotatable bonds is 31. The van der Waals surface area contributed by atoms with Crippen molar-refractivity contribution in [3.8, 4) is 78.0 Å². The number of hydrogen-bond donors (Lipinski definition) is 0. The fraction of sp³-hybridized carbons (Fsp3) is 0.448. The molecule has 78 heavy (non-hydrogen) atoms. The summed E-state index contributed by atoms with van der Waals surface area (Å²) >= 11 is 18.0. The second-order valence-electron chi connectivity index (χ2n) is 21.5. The molecule has 0 unspecified atom stereocenters. The van der Waals surface area contributed by atoms with Gasteiger partial charge in [-0.2, -0.15) is 0 Å². The number of fused-ring (bicyclic) bond motifs is 1. The topological polar surface area (TPSA) is 8.81 Å². The van der Waals surface area contributed by atoms with E-state index in [9.17, 15) is 0 Å². The van der Waals surface area contributed by atoms with Crippen molar-refractivity contribution in [1.82, 2.24) is 4.57 Å². The van der Waals surface area contributed by atoms with Gasteiger partial charge < -0.3 is 0 Å². The van der Waals surface area contributed by atoms with Crippen LogP contribution in [-0.4, -0.2) is 4.57 Å². The predicted octanol–water partition coefficient (Wildman–Crippen LogP) is 24.7. The van der Waals surface area contributed by atoms with Crippen molar-refractivity contribution in [2.75, 3.05) is 0 Å². The highest BCUT2D eigenvalue weighted by Crippen LogP contribution is 2.53. The standard InChI is InChI=1S/C67H81N2S9/c1-8-13-18-22-26-45-39-41-70-62(45)53-35-31-49(72-53)51-33-37-55(74-51)64-47(28-24-20-15-10-3)43-57(76-64)66-60-61(69(7)59(68(60)6)30-17-12-5)67(78-66)58-44-48(29-25-21-16-11-4)65(77-58)56-38-34-52(75-56)50-32-36-54(73-50)63-46(40-42-71-63)27-23-19-14-9-2/h31-44H,8-30H2,1-7H3/q+1. The van der Waals surface area contributed by atoms with Gasteiger partial charge in [0.15, 0.2) is 11.0 Å². The quantitative estimate of drug-likeness (QED) is 0.0302. The van der Waals surface area contributed by atoms with Crippen LogP contribution in [0.1, 0.15) is 178 Å². The lowest BCUT2D eigenvalue weighted by Gasteiger charge is -2.02. The van der Waals surface area contributed by atoms with Gasteiger partial charge in [-0.25, -0.2) is 9.13 Å². The Kier molecular flexibility index (Phi) is 20.9. The molecule has 2 nitrogen and oxygen atoms in total. The molecule has 0 aliphatic heterocycles. The average molecular weight is 1200 g/mol. The molecule has 10 aromatic heterocycles. The molecule has 412 valence electrons. The molecule has 0 aliphatic carbocycles. The normalized spacial score (nSPS) is 11.9. The third-order valence-electron chi connectivity index (χ3n) is 15.6.